The summed E-state index contributed by atoms with van der Waals surface area (Å²) in [6, 6.07) is 0. The number of aromatic nitrogens is 2. The van der Waals surface area contributed by atoms with Gasteiger partial charge < -0.3 is 11.1 Å². The molecule has 0 aliphatic carbocycles. The summed E-state index contributed by atoms with van der Waals surface area (Å²) in [5, 5.41) is 2.90. The number of nitrogens with two attached hydrogens (primary N) is 1. The van der Waals surface area contributed by atoms with Gasteiger partial charge in [-0.2, -0.15) is 0 Å². The Morgan fingerprint density at radius 2 is 2.17 bits per heavy atom. The molecule has 0 radical (unpaired) electrons. The van der Waals surface area contributed by atoms with E-state index < -0.39 is 11.2 Å². The standard InChI is InChI=1S/C12H20N4O2/c1-4-5-6-16-10(13)9(14-7-8(2)3)11(17)15-12(16)18/h14H,2,4-7,13H2,1,3H3,(H,15,17,18). The van der Waals surface area contributed by atoms with E-state index in [2.05, 4.69) is 16.9 Å². The second-order valence-electron chi connectivity index (χ2n) is 4.34. The summed E-state index contributed by atoms with van der Waals surface area (Å²) in [5.74, 6) is 0.179. The first-order chi connectivity index (χ1) is 8.47. The van der Waals surface area contributed by atoms with E-state index in [1.165, 1.54) is 4.57 Å². The number of aromatic amines is 1. The van der Waals surface area contributed by atoms with Crippen LogP contribution in [0.2, 0.25) is 0 Å². The van der Waals surface area contributed by atoms with Gasteiger partial charge in [0.05, 0.1) is 0 Å². The highest BCUT2D eigenvalue weighted by molar-refractivity contribution is 5.60. The molecule has 100 valence electrons. The molecule has 0 atom stereocenters. The molecule has 0 saturated heterocycles. The smallest absolute Gasteiger partial charge is 0.330 e. The Morgan fingerprint density at radius 1 is 1.50 bits per heavy atom. The van der Waals surface area contributed by atoms with E-state index in [0.717, 1.165) is 18.4 Å². The minimum absolute atomic E-state index is 0.179. The average molecular weight is 252 g/mol. The van der Waals surface area contributed by atoms with Crippen molar-refractivity contribution in [2.24, 2.45) is 0 Å². The van der Waals surface area contributed by atoms with Gasteiger partial charge >= 0.3 is 5.69 Å². The Balaban J connectivity index is 3.13. The molecule has 0 spiro atoms. The Kier molecular flexibility index (Phi) is 4.76. The lowest BCUT2D eigenvalue weighted by molar-refractivity contribution is 0.605. The van der Waals surface area contributed by atoms with E-state index in [1.807, 2.05) is 13.8 Å². The van der Waals surface area contributed by atoms with Gasteiger partial charge in [-0.15, -0.1) is 0 Å². The second kappa shape index (κ2) is 6.09. The molecule has 0 bridgehead atoms. The van der Waals surface area contributed by atoms with Crippen LogP contribution in [0, 0.1) is 0 Å². The van der Waals surface area contributed by atoms with Crippen LogP contribution in [0.25, 0.3) is 0 Å². The molecule has 0 aromatic carbocycles. The van der Waals surface area contributed by atoms with Crippen molar-refractivity contribution in [2.75, 3.05) is 17.6 Å². The van der Waals surface area contributed by atoms with E-state index in [0.29, 0.717) is 13.1 Å². The molecule has 0 unspecified atom stereocenters. The van der Waals surface area contributed by atoms with Gasteiger partial charge in [-0.1, -0.05) is 25.5 Å². The first-order valence-corrected chi connectivity index (χ1v) is 5.98. The molecule has 1 heterocycles. The molecule has 6 heteroatoms. The highest BCUT2D eigenvalue weighted by Crippen LogP contribution is 2.11. The van der Waals surface area contributed by atoms with Crippen molar-refractivity contribution in [1.82, 2.24) is 9.55 Å². The fourth-order valence-corrected chi connectivity index (χ4v) is 1.54. The molecule has 6 nitrogen and oxygen atoms in total. The summed E-state index contributed by atoms with van der Waals surface area (Å²) in [4.78, 5) is 25.6. The van der Waals surface area contributed by atoms with Crippen LogP contribution in [0.4, 0.5) is 11.5 Å². The first-order valence-electron chi connectivity index (χ1n) is 5.98. The van der Waals surface area contributed by atoms with Crippen LogP contribution in [0.15, 0.2) is 21.7 Å². The zero-order chi connectivity index (χ0) is 13.7. The van der Waals surface area contributed by atoms with Gasteiger partial charge in [0.2, 0.25) is 0 Å². The zero-order valence-corrected chi connectivity index (χ0v) is 10.9. The third-order valence-corrected chi connectivity index (χ3v) is 2.54. The van der Waals surface area contributed by atoms with E-state index in [1.54, 1.807) is 0 Å². The zero-order valence-electron chi connectivity index (χ0n) is 10.9. The molecule has 4 N–H and O–H groups in total. The maximum absolute atomic E-state index is 11.7. The molecule has 1 rings (SSSR count). The number of nitrogens with one attached hydrogen (secondary N) is 2. The number of unbranched alkanes of at least 4 members (excludes halogenated alkanes) is 1. The van der Waals surface area contributed by atoms with Crippen LogP contribution in [0.1, 0.15) is 26.7 Å². The quantitative estimate of drug-likeness (QED) is 0.656. The van der Waals surface area contributed by atoms with Crippen molar-refractivity contribution >= 4 is 11.5 Å². The highest BCUT2D eigenvalue weighted by Gasteiger charge is 2.11. The third-order valence-electron chi connectivity index (χ3n) is 2.54. The van der Waals surface area contributed by atoms with E-state index in [9.17, 15) is 9.59 Å². The highest BCUT2D eigenvalue weighted by atomic mass is 16.2. The Bertz CT molecular complexity index is 542. The molecular weight excluding hydrogens is 232 g/mol. The summed E-state index contributed by atoms with van der Waals surface area (Å²) in [5.41, 5.74) is 6.01. The van der Waals surface area contributed by atoms with Crippen molar-refractivity contribution in [1.29, 1.82) is 0 Å². The van der Waals surface area contributed by atoms with Gasteiger partial charge in [0, 0.05) is 13.1 Å². The molecule has 0 aliphatic rings. The molecule has 0 aliphatic heterocycles. The van der Waals surface area contributed by atoms with E-state index in [4.69, 9.17) is 5.73 Å². The number of hydrogen-bond donors (Lipinski definition) is 3. The lowest BCUT2D eigenvalue weighted by Crippen LogP contribution is -2.34. The Hall–Kier alpha value is -1.98. The lowest BCUT2D eigenvalue weighted by atomic mass is 10.3. The predicted octanol–water partition coefficient (Wildman–Crippen LogP) is 0.907. The predicted molar refractivity (Wildman–Crippen MR) is 73.9 cm³/mol. The molecule has 0 fully saturated rings. The molecule has 0 saturated carbocycles. The van der Waals surface area contributed by atoms with E-state index in [-0.39, 0.29) is 11.5 Å². The van der Waals surface area contributed by atoms with Gasteiger partial charge in [-0.25, -0.2) is 4.79 Å². The maximum atomic E-state index is 11.7. The van der Waals surface area contributed by atoms with Crippen LogP contribution < -0.4 is 22.3 Å². The summed E-state index contributed by atoms with van der Waals surface area (Å²) in [6.07, 6.45) is 1.77. The lowest BCUT2D eigenvalue weighted by Gasteiger charge is -2.13. The van der Waals surface area contributed by atoms with Gasteiger partial charge in [-0.3, -0.25) is 14.3 Å². The topological polar surface area (TPSA) is 92.9 Å². The van der Waals surface area contributed by atoms with Crippen molar-refractivity contribution < 1.29 is 0 Å². The van der Waals surface area contributed by atoms with Gasteiger partial charge in [-0.05, 0) is 13.3 Å². The molecular formula is C12H20N4O2. The summed E-state index contributed by atoms with van der Waals surface area (Å²) in [7, 11) is 0. The Labute approximate surface area is 106 Å². The van der Waals surface area contributed by atoms with Crippen molar-refractivity contribution in [2.45, 2.75) is 33.2 Å². The number of nitrogen functional groups attached to an aromatic ring is 1. The summed E-state index contributed by atoms with van der Waals surface area (Å²) in [6.45, 7) is 8.54. The number of nitrogens with zero attached hydrogens (tertiary/aromatic N) is 1. The normalized spacial score (nSPS) is 10.3. The average Bonchev–Trinajstić information content (AvgIpc) is 2.27. The second-order valence-corrected chi connectivity index (χ2v) is 4.34. The van der Waals surface area contributed by atoms with Crippen LogP contribution >= 0.6 is 0 Å². The van der Waals surface area contributed by atoms with Crippen molar-refractivity contribution in [3.63, 3.8) is 0 Å². The number of rotatable bonds is 6. The fraction of sp³-hybridized carbons (Fsp3) is 0.500. The summed E-state index contributed by atoms with van der Waals surface area (Å²) < 4.78 is 1.38. The van der Waals surface area contributed by atoms with Crippen LogP contribution in [-0.4, -0.2) is 16.1 Å². The molecule has 18 heavy (non-hydrogen) atoms. The maximum Gasteiger partial charge on any atom is 0.330 e. The number of anilines is 2. The fourth-order valence-electron chi connectivity index (χ4n) is 1.54. The van der Waals surface area contributed by atoms with Crippen molar-refractivity contribution in [3.05, 3.63) is 33.0 Å². The van der Waals surface area contributed by atoms with Crippen LogP contribution in [0.3, 0.4) is 0 Å². The van der Waals surface area contributed by atoms with E-state index >= 15 is 0 Å². The third kappa shape index (κ3) is 3.26. The SMILES string of the molecule is C=C(C)CNc1c(N)n(CCCC)c(=O)[nH]c1=O. The minimum Gasteiger partial charge on any atom is -0.383 e. The largest absolute Gasteiger partial charge is 0.383 e. The van der Waals surface area contributed by atoms with Crippen molar-refractivity contribution in [3.8, 4) is 0 Å². The van der Waals surface area contributed by atoms with Crippen LogP contribution in [0.5, 0.6) is 0 Å². The number of H-pyrrole nitrogens is 1. The van der Waals surface area contributed by atoms with Gasteiger partial charge in [0.15, 0.2) is 0 Å². The van der Waals surface area contributed by atoms with Crippen LogP contribution in [-0.2, 0) is 6.54 Å². The molecule has 1 aromatic rings. The first kappa shape index (κ1) is 14.1. The Morgan fingerprint density at radius 3 is 2.72 bits per heavy atom. The monoisotopic (exact) mass is 252 g/mol. The minimum atomic E-state index is -0.494. The van der Waals surface area contributed by atoms with Gasteiger partial charge in [0.1, 0.15) is 11.5 Å². The molecule has 0 amide bonds. The summed E-state index contributed by atoms with van der Waals surface area (Å²) >= 11 is 0. The van der Waals surface area contributed by atoms with Gasteiger partial charge in [0.25, 0.3) is 5.56 Å². The molecule has 1 aromatic heterocycles. The number of hydrogen-bond acceptors (Lipinski definition) is 4.